The van der Waals surface area contributed by atoms with Gasteiger partial charge in [0.1, 0.15) is 5.82 Å². The number of halogens is 2. The van der Waals surface area contributed by atoms with E-state index >= 15 is 0 Å². The van der Waals surface area contributed by atoms with Gasteiger partial charge in [0, 0.05) is 28.7 Å². The van der Waals surface area contributed by atoms with E-state index in [1.807, 2.05) is 26.0 Å². The Balaban J connectivity index is 1.32. The fourth-order valence-electron chi connectivity index (χ4n) is 4.35. The predicted octanol–water partition coefficient (Wildman–Crippen LogP) is 5.75. The average Bonchev–Trinajstić information content (AvgIpc) is 2.84. The summed E-state index contributed by atoms with van der Waals surface area (Å²) >= 11 is 6.14. The Labute approximate surface area is 216 Å². The third kappa shape index (κ3) is 6.24. The minimum atomic E-state index is -3.76. The molecular weight excluding hydrogens is 501 g/mol. The number of carbonyl (C=O) groups is 1. The first kappa shape index (κ1) is 26.1. The molecule has 1 heterocycles. The molecule has 36 heavy (non-hydrogen) atoms. The summed E-state index contributed by atoms with van der Waals surface area (Å²) in [7, 11) is -3.76. The van der Waals surface area contributed by atoms with Gasteiger partial charge in [0.25, 0.3) is 10.0 Å². The number of likely N-dealkylation sites (tertiary alicyclic amines) is 1. The van der Waals surface area contributed by atoms with E-state index in [-0.39, 0.29) is 22.5 Å². The van der Waals surface area contributed by atoms with Gasteiger partial charge in [-0.15, -0.1) is 0 Å². The first-order valence-electron chi connectivity index (χ1n) is 11.8. The minimum Gasteiger partial charge on any atom is -0.326 e. The predicted molar refractivity (Wildman–Crippen MR) is 141 cm³/mol. The van der Waals surface area contributed by atoms with E-state index in [9.17, 15) is 17.6 Å². The number of amides is 1. The number of anilines is 2. The Kier molecular flexibility index (Phi) is 7.97. The Morgan fingerprint density at radius 1 is 1.06 bits per heavy atom. The van der Waals surface area contributed by atoms with E-state index in [0.717, 1.165) is 11.1 Å². The van der Waals surface area contributed by atoms with E-state index in [1.54, 1.807) is 30.3 Å². The molecule has 1 aliphatic heterocycles. The molecular formula is C27H29ClFN3O3S. The standard InChI is InChI=1S/C27H29ClFN3O3S/c1-18-6-11-26(19(2)16-18)31-36(34,35)22-9-7-21(8-10-22)30-27(33)20-12-14-32(15-13-20)17-23-24(28)4-3-5-25(23)29/h3-11,16,20,31H,12-15,17H2,1-2H3,(H,30,33). The summed E-state index contributed by atoms with van der Waals surface area (Å²) in [6.07, 6.45) is 1.29. The van der Waals surface area contributed by atoms with Gasteiger partial charge in [-0.2, -0.15) is 0 Å². The summed E-state index contributed by atoms with van der Waals surface area (Å²) in [5.74, 6) is -0.605. The lowest BCUT2D eigenvalue weighted by Gasteiger charge is -2.31. The number of hydrogen-bond donors (Lipinski definition) is 2. The van der Waals surface area contributed by atoms with Crippen LogP contribution < -0.4 is 10.0 Å². The number of rotatable bonds is 7. The summed E-state index contributed by atoms with van der Waals surface area (Å²) in [6.45, 7) is 5.52. The molecule has 2 N–H and O–H groups in total. The van der Waals surface area contributed by atoms with Crippen LogP contribution in [0, 0.1) is 25.6 Å². The van der Waals surface area contributed by atoms with Crippen molar-refractivity contribution >= 4 is 38.9 Å². The number of nitrogens with one attached hydrogen (secondary N) is 2. The minimum absolute atomic E-state index is 0.109. The average molecular weight is 530 g/mol. The lowest BCUT2D eigenvalue weighted by atomic mass is 9.95. The highest BCUT2D eigenvalue weighted by atomic mass is 35.5. The van der Waals surface area contributed by atoms with E-state index < -0.39 is 10.0 Å². The Hall–Kier alpha value is -2.94. The molecule has 1 saturated heterocycles. The van der Waals surface area contributed by atoms with E-state index in [2.05, 4.69) is 14.9 Å². The normalized spacial score (nSPS) is 15.0. The molecule has 0 aromatic heterocycles. The molecule has 0 radical (unpaired) electrons. The zero-order valence-corrected chi connectivity index (χ0v) is 21.8. The zero-order chi connectivity index (χ0) is 25.9. The maximum absolute atomic E-state index is 14.1. The summed E-state index contributed by atoms with van der Waals surface area (Å²) in [5, 5.41) is 3.29. The molecule has 1 aliphatic rings. The second-order valence-electron chi connectivity index (χ2n) is 9.19. The van der Waals surface area contributed by atoms with Gasteiger partial charge in [-0.05, 0) is 87.8 Å². The van der Waals surface area contributed by atoms with Crippen LogP contribution in [0.1, 0.15) is 29.5 Å². The molecule has 3 aromatic carbocycles. The van der Waals surface area contributed by atoms with Gasteiger partial charge >= 0.3 is 0 Å². The first-order chi connectivity index (χ1) is 17.1. The van der Waals surface area contributed by atoms with Crippen molar-refractivity contribution in [2.24, 2.45) is 5.92 Å². The highest BCUT2D eigenvalue weighted by Gasteiger charge is 2.26. The van der Waals surface area contributed by atoms with E-state index in [1.165, 1.54) is 18.2 Å². The Bertz CT molecular complexity index is 1330. The summed E-state index contributed by atoms with van der Waals surface area (Å²) in [6, 6.07) is 16.3. The SMILES string of the molecule is Cc1ccc(NS(=O)(=O)c2ccc(NC(=O)C3CCN(Cc4c(F)cccc4Cl)CC3)cc2)c(C)c1. The summed E-state index contributed by atoms with van der Waals surface area (Å²) in [4.78, 5) is 15.0. The fourth-order valence-corrected chi connectivity index (χ4v) is 5.71. The van der Waals surface area contributed by atoms with E-state index in [0.29, 0.717) is 54.4 Å². The summed E-state index contributed by atoms with van der Waals surface area (Å²) < 4.78 is 42.3. The molecule has 0 bridgehead atoms. The first-order valence-corrected chi connectivity index (χ1v) is 13.6. The topological polar surface area (TPSA) is 78.5 Å². The van der Waals surface area contributed by atoms with Crippen molar-refractivity contribution in [2.75, 3.05) is 23.1 Å². The number of hydrogen-bond acceptors (Lipinski definition) is 4. The van der Waals surface area contributed by atoms with Crippen LogP contribution in [0.5, 0.6) is 0 Å². The van der Waals surface area contributed by atoms with Crippen LogP contribution in [-0.2, 0) is 21.4 Å². The molecule has 1 fully saturated rings. The number of aryl methyl sites for hydroxylation is 2. The Morgan fingerprint density at radius 2 is 1.75 bits per heavy atom. The molecule has 0 saturated carbocycles. The highest BCUT2D eigenvalue weighted by Crippen LogP contribution is 2.26. The van der Waals surface area contributed by atoms with Crippen LogP contribution in [-0.4, -0.2) is 32.3 Å². The van der Waals surface area contributed by atoms with Crippen LogP contribution in [0.2, 0.25) is 5.02 Å². The van der Waals surface area contributed by atoms with Crippen molar-refractivity contribution in [3.8, 4) is 0 Å². The van der Waals surface area contributed by atoms with Gasteiger partial charge in [-0.1, -0.05) is 35.4 Å². The number of nitrogens with zero attached hydrogens (tertiary/aromatic N) is 1. The third-order valence-electron chi connectivity index (χ3n) is 6.46. The van der Waals surface area contributed by atoms with Gasteiger partial charge in [-0.25, -0.2) is 12.8 Å². The molecule has 1 amide bonds. The largest absolute Gasteiger partial charge is 0.326 e. The second kappa shape index (κ2) is 11.0. The quantitative estimate of drug-likeness (QED) is 0.408. The smallest absolute Gasteiger partial charge is 0.261 e. The monoisotopic (exact) mass is 529 g/mol. The molecule has 0 atom stereocenters. The molecule has 0 aliphatic carbocycles. The Morgan fingerprint density at radius 3 is 2.39 bits per heavy atom. The van der Waals surface area contributed by atoms with Gasteiger partial charge < -0.3 is 5.32 Å². The number of sulfonamides is 1. The van der Waals surface area contributed by atoms with Crippen molar-refractivity contribution in [1.82, 2.24) is 4.90 Å². The third-order valence-corrected chi connectivity index (χ3v) is 8.20. The van der Waals surface area contributed by atoms with Crippen molar-refractivity contribution in [1.29, 1.82) is 0 Å². The molecule has 0 unspecified atom stereocenters. The van der Waals surface area contributed by atoms with E-state index in [4.69, 9.17) is 11.6 Å². The van der Waals surface area contributed by atoms with Crippen molar-refractivity contribution in [3.05, 3.63) is 88.2 Å². The van der Waals surface area contributed by atoms with Crippen molar-refractivity contribution in [3.63, 3.8) is 0 Å². The molecule has 4 rings (SSSR count). The molecule has 0 spiro atoms. The van der Waals surface area contributed by atoms with Crippen LogP contribution in [0.3, 0.4) is 0 Å². The lowest BCUT2D eigenvalue weighted by molar-refractivity contribution is -0.121. The second-order valence-corrected chi connectivity index (χ2v) is 11.3. The summed E-state index contributed by atoms with van der Waals surface area (Å²) in [5.41, 5.74) is 3.43. The van der Waals surface area contributed by atoms with Gasteiger partial charge in [0.2, 0.25) is 5.91 Å². The molecule has 190 valence electrons. The highest BCUT2D eigenvalue weighted by molar-refractivity contribution is 7.92. The zero-order valence-electron chi connectivity index (χ0n) is 20.2. The molecule has 9 heteroatoms. The number of benzene rings is 3. The maximum atomic E-state index is 14.1. The lowest BCUT2D eigenvalue weighted by Crippen LogP contribution is -2.38. The fraction of sp³-hybridized carbons (Fsp3) is 0.296. The maximum Gasteiger partial charge on any atom is 0.261 e. The van der Waals surface area contributed by atoms with Crippen LogP contribution in [0.25, 0.3) is 0 Å². The van der Waals surface area contributed by atoms with Gasteiger partial charge in [0.05, 0.1) is 10.6 Å². The molecule has 6 nitrogen and oxygen atoms in total. The van der Waals surface area contributed by atoms with Crippen LogP contribution in [0.15, 0.2) is 65.6 Å². The molecule has 3 aromatic rings. The van der Waals surface area contributed by atoms with Crippen molar-refractivity contribution in [2.45, 2.75) is 38.1 Å². The van der Waals surface area contributed by atoms with Crippen molar-refractivity contribution < 1.29 is 17.6 Å². The number of carbonyl (C=O) groups excluding carboxylic acids is 1. The van der Waals surface area contributed by atoms with Gasteiger partial charge in [-0.3, -0.25) is 14.4 Å². The number of piperidine rings is 1. The van der Waals surface area contributed by atoms with Crippen LogP contribution in [0.4, 0.5) is 15.8 Å². The van der Waals surface area contributed by atoms with Gasteiger partial charge in [0.15, 0.2) is 0 Å². The van der Waals surface area contributed by atoms with Crippen LogP contribution >= 0.6 is 11.6 Å².